The zero-order valence-corrected chi connectivity index (χ0v) is 15.2. The number of anilines is 1. The van der Waals surface area contributed by atoms with Crippen molar-refractivity contribution in [3.63, 3.8) is 0 Å². The Morgan fingerprint density at radius 3 is 2.46 bits per heavy atom. The summed E-state index contributed by atoms with van der Waals surface area (Å²) in [4.78, 5) is 26.3. The van der Waals surface area contributed by atoms with Gasteiger partial charge in [0.2, 0.25) is 5.91 Å². The molecule has 2 aromatic carbocycles. The van der Waals surface area contributed by atoms with E-state index < -0.39 is 5.97 Å². The van der Waals surface area contributed by atoms with Crippen molar-refractivity contribution in [2.24, 2.45) is 0 Å². The molecule has 0 aromatic heterocycles. The van der Waals surface area contributed by atoms with Crippen molar-refractivity contribution in [3.05, 3.63) is 59.7 Å². The van der Waals surface area contributed by atoms with Gasteiger partial charge in [-0.25, -0.2) is 4.79 Å². The minimum absolute atomic E-state index is 0.0124. The molecule has 1 atom stereocenters. The summed E-state index contributed by atoms with van der Waals surface area (Å²) in [6.07, 6.45) is 0. The molecular weight excluding hydrogens is 332 g/mol. The van der Waals surface area contributed by atoms with Gasteiger partial charge in [0.1, 0.15) is 5.75 Å². The highest BCUT2D eigenvalue weighted by Crippen LogP contribution is 2.21. The van der Waals surface area contributed by atoms with Crippen LogP contribution in [0.4, 0.5) is 5.69 Å². The van der Waals surface area contributed by atoms with Crippen LogP contribution in [-0.2, 0) is 9.53 Å². The Morgan fingerprint density at radius 1 is 1.15 bits per heavy atom. The van der Waals surface area contributed by atoms with E-state index in [9.17, 15) is 14.7 Å². The number of ether oxygens (including phenoxy) is 1. The van der Waals surface area contributed by atoms with Crippen LogP contribution in [0.5, 0.6) is 5.75 Å². The summed E-state index contributed by atoms with van der Waals surface area (Å²) in [7, 11) is 1.84. The number of carbonyl (C=O) groups excluding carboxylic acids is 2. The van der Waals surface area contributed by atoms with Crippen molar-refractivity contribution in [1.29, 1.82) is 0 Å². The molecule has 0 heterocycles. The molecule has 1 amide bonds. The lowest BCUT2D eigenvalue weighted by Gasteiger charge is -2.24. The van der Waals surface area contributed by atoms with Gasteiger partial charge >= 0.3 is 5.97 Å². The van der Waals surface area contributed by atoms with E-state index in [1.165, 1.54) is 0 Å². The van der Waals surface area contributed by atoms with Gasteiger partial charge in [-0.05, 0) is 50.7 Å². The number of hydrogen-bond acceptors (Lipinski definition) is 5. The third-order valence-electron chi connectivity index (χ3n) is 4.13. The van der Waals surface area contributed by atoms with E-state index in [0.29, 0.717) is 11.3 Å². The molecule has 0 saturated heterocycles. The summed E-state index contributed by atoms with van der Waals surface area (Å²) in [5.41, 5.74) is 1.75. The fraction of sp³-hybridized carbons (Fsp3) is 0.300. The van der Waals surface area contributed by atoms with Gasteiger partial charge in [0, 0.05) is 6.04 Å². The first-order valence-corrected chi connectivity index (χ1v) is 8.47. The topological polar surface area (TPSA) is 78.9 Å². The minimum atomic E-state index is -0.464. The van der Waals surface area contributed by atoms with Crippen LogP contribution in [0.25, 0.3) is 0 Å². The SMILES string of the molecule is CCOC(=O)c1ccccc1NC(=O)CN(C)[C@H](C)c1ccc(O)cc1. The molecule has 2 aromatic rings. The molecule has 0 aliphatic carbocycles. The molecule has 0 radical (unpaired) electrons. The largest absolute Gasteiger partial charge is 0.508 e. The van der Waals surface area contributed by atoms with Crippen LogP contribution >= 0.6 is 0 Å². The van der Waals surface area contributed by atoms with E-state index >= 15 is 0 Å². The van der Waals surface area contributed by atoms with Crippen molar-refractivity contribution in [1.82, 2.24) is 4.90 Å². The third kappa shape index (κ3) is 5.07. The number of nitrogens with one attached hydrogen (secondary N) is 1. The van der Waals surface area contributed by atoms with E-state index in [-0.39, 0.29) is 30.9 Å². The monoisotopic (exact) mass is 356 g/mol. The van der Waals surface area contributed by atoms with Gasteiger partial charge in [-0.3, -0.25) is 9.69 Å². The van der Waals surface area contributed by atoms with Gasteiger partial charge < -0.3 is 15.2 Å². The molecule has 0 aliphatic rings. The number of hydrogen-bond donors (Lipinski definition) is 2. The second-order valence-electron chi connectivity index (χ2n) is 6.00. The summed E-state index contributed by atoms with van der Waals surface area (Å²) in [5.74, 6) is -0.485. The first-order valence-electron chi connectivity index (χ1n) is 8.47. The highest BCUT2D eigenvalue weighted by molar-refractivity contribution is 6.01. The molecule has 2 rings (SSSR count). The lowest BCUT2D eigenvalue weighted by molar-refractivity contribution is -0.117. The summed E-state index contributed by atoms with van der Waals surface area (Å²) in [5, 5.41) is 12.2. The summed E-state index contributed by atoms with van der Waals surface area (Å²) in [6.45, 7) is 4.14. The van der Waals surface area contributed by atoms with Gasteiger partial charge in [-0.1, -0.05) is 24.3 Å². The summed E-state index contributed by atoms with van der Waals surface area (Å²) >= 11 is 0. The van der Waals surface area contributed by atoms with Crippen molar-refractivity contribution in [2.75, 3.05) is 25.5 Å². The van der Waals surface area contributed by atoms with E-state index in [2.05, 4.69) is 5.32 Å². The van der Waals surface area contributed by atoms with Gasteiger partial charge in [0.25, 0.3) is 0 Å². The summed E-state index contributed by atoms with van der Waals surface area (Å²) in [6, 6.07) is 13.6. The molecule has 0 bridgehead atoms. The lowest BCUT2D eigenvalue weighted by atomic mass is 10.1. The first kappa shape index (κ1) is 19.5. The van der Waals surface area contributed by atoms with Crippen LogP contribution in [0.2, 0.25) is 0 Å². The Labute approximate surface area is 153 Å². The first-order chi connectivity index (χ1) is 12.4. The summed E-state index contributed by atoms with van der Waals surface area (Å²) < 4.78 is 5.02. The van der Waals surface area contributed by atoms with Crippen LogP contribution in [0, 0.1) is 0 Å². The molecule has 0 fully saturated rings. The third-order valence-corrected chi connectivity index (χ3v) is 4.13. The number of aromatic hydroxyl groups is 1. The molecule has 138 valence electrons. The zero-order valence-electron chi connectivity index (χ0n) is 15.2. The molecule has 6 nitrogen and oxygen atoms in total. The number of phenolic OH excluding ortho intramolecular Hbond substituents is 1. The van der Waals surface area contributed by atoms with Crippen molar-refractivity contribution >= 4 is 17.6 Å². The molecule has 6 heteroatoms. The standard InChI is InChI=1S/C20H24N2O4/c1-4-26-20(25)17-7-5-6-8-18(17)21-19(24)13-22(3)14(2)15-9-11-16(23)12-10-15/h5-12,14,23H,4,13H2,1-3H3,(H,21,24)/t14-/m1/s1. The second kappa shape index (κ2) is 9.01. The van der Waals surface area contributed by atoms with Crippen molar-refractivity contribution in [3.8, 4) is 5.75 Å². The molecule has 0 saturated carbocycles. The van der Waals surface area contributed by atoms with E-state index in [0.717, 1.165) is 5.56 Å². The van der Waals surface area contributed by atoms with E-state index in [1.54, 1.807) is 43.3 Å². The molecule has 2 N–H and O–H groups in total. The lowest BCUT2D eigenvalue weighted by Crippen LogP contribution is -2.32. The zero-order chi connectivity index (χ0) is 19.1. The Balaban J connectivity index is 2.02. The Kier molecular flexibility index (Phi) is 6.74. The van der Waals surface area contributed by atoms with Gasteiger partial charge in [0.05, 0.1) is 24.4 Å². The van der Waals surface area contributed by atoms with Gasteiger partial charge in [-0.15, -0.1) is 0 Å². The number of esters is 1. The number of rotatable bonds is 7. The highest BCUT2D eigenvalue weighted by atomic mass is 16.5. The fourth-order valence-corrected chi connectivity index (χ4v) is 2.54. The number of nitrogens with zero attached hydrogens (tertiary/aromatic N) is 1. The number of para-hydroxylation sites is 1. The highest BCUT2D eigenvalue weighted by Gasteiger charge is 2.17. The fourth-order valence-electron chi connectivity index (χ4n) is 2.54. The van der Waals surface area contributed by atoms with Crippen LogP contribution < -0.4 is 5.32 Å². The molecule has 0 unspecified atom stereocenters. The second-order valence-corrected chi connectivity index (χ2v) is 6.00. The maximum atomic E-state index is 12.4. The Bertz CT molecular complexity index is 759. The quantitative estimate of drug-likeness (QED) is 0.745. The average molecular weight is 356 g/mol. The van der Waals surface area contributed by atoms with Crippen LogP contribution in [0.3, 0.4) is 0 Å². The van der Waals surface area contributed by atoms with E-state index in [1.807, 2.05) is 31.0 Å². The normalized spacial score (nSPS) is 11.8. The van der Waals surface area contributed by atoms with Gasteiger partial charge in [-0.2, -0.15) is 0 Å². The number of phenols is 1. The molecule has 26 heavy (non-hydrogen) atoms. The smallest absolute Gasteiger partial charge is 0.340 e. The van der Waals surface area contributed by atoms with Crippen molar-refractivity contribution < 1.29 is 19.4 Å². The van der Waals surface area contributed by atoms with Gasteiger partial charge in [0.15, 0.2) is 0 Å². The Hall–Kier alpha value is -2.86. The van der Waals surface area contributed by atoms with Crippen LogP contribution in [0.1, 0.15) is 35.8 Å². The predicted octanol–water partition coefficient (Wildman–Crippen LogP) is 3.20. The number of amides is 1. The molecule has 0 spiro atoms. The van der Waals surface area contributed by atoms with Crippen LogP contribution in [-0.4, -0.2) is 42.1 Å². The maximum absolute atomic E-state index is 12.4. The Morgan fingerprint density at radius 2 is 1.81 bits per heavy atom. The maximum Gasteiger partial charge on any atom is 0.340 e. The van der Waals surface area contributed by atoms with E-state index in [4.69, 9.17) is 4.74 Å². The number of carbonyl (C=O) groups is 2. The predicted molar refractivity (Wildman–Crippen MR) is 100 cm³/mol. The van der Waals surface area contributed by atoms with Crippen LogP contribution in [0.15, 0.2) is 48.5 Å². The minimum Gasteiger partial charge on any atom is -0.508 e. The number of likely N-dealkylation sites (N-methyl/N-ethyl adjacent to an activating group) is 1. The average Bonchev–Trinajstić information content (AvgIpc) is 2.62. The molecular formula is C20H24N2O4. The number of benzene rings is 2. The van der Waals surface area contributed by atoms with Crippen molar-refractivity contribution in [2.45, 2.75) is 19.9 Å². The molecule has 0 aliphatic heterocycles.